The number of hydrogen-bond donors (Lipinski definition) is 1. The van der Waals surface area contributed by atoms with Crippen molar-refractivity contribution >= 4 is 33.1 Å². The second-order valence-electron chi connectivity index (χ2n) is 6.71. The Kier molecular flexibility index (Phi) is 7.07. The smallest absolute Gasteiger partial charge is 0.262 e. The van der Waals surface area contributed by atoms with Crippen LogP contribution in [-0.2, 0) is 16.1 Å². The minimum atomic E-state index is -0.215. The molecule has 0 atom stereocenters. The van der Waals surface area contributed by atoms with Crippen LogP contribution < -0.4 is 20.3 Å². The normalized spacial score (nSPS) is 10.9. The van der Waals surface area contributed by atoms with Crippen LogP contribution in [0.15, 0.2) is 29.3 Å². The molecule has 0 saturated carbocycles. The number of methoxy groups -OCH3 is 2. The number of aryl methyl sites for hydroxylation is 3. The largest absolute Gasteiger partial charge is 0.493 e. The van der Waals surface area contributed by atoms with Crippen LogP contribution >= 0.6 is 11.3 Å². The molecule has 0 fully saturated rings. The van der Waals surface area contributed by atoms with Crippen molar-refractivity contribution in [2.45, 2.75) is 26.8 Å². The van der Waals surface area contributed by atoms with Gasteiger partial charge < -0.3 is 19.5 Å². The number of anilines is 1. The van der Waals surface area contributed by atoms with Gasteiger partial charge in [-0.1, -0.05) is 0 Å². The average molecular weight is 432 g/mol. The highest BCUT2D eigenvalue weighted by atomic mass is 32.1. The van der Waals surface area contributed by atoms with Gasteiger partial charge in [0.1, 0.15) is 11.4 Å². The van der Waals surface area contributed by atoms with Crippen LogP contribution in [0.25, 0.3) is 10.2 Å². The molecule has 0 aliphatic carbocycles. The summed E-state index contributed by atoms with van der Waals surface area (Å²) in [6.45, 7) is 4.95. The summed E-state index contributed by atoms with van der Waals surface area (Å²) in [6, 6.07) is 5.16. The van der Waals surface area contributed by atoms with Gasteiger partial charge in [0.15, 0.2) is 11.5 Å². The average Bonchev–Trinajstić information content (AvgIpc) is 3.02. The molecule has 160 valence electrons. The number of thiophene rings is 1. The van der Waals surface area contributed by atoms with Gasteiger partial charge in [-0.2, -0.15) is 0 Å². The molecule has 8 nitrogen and oxygen atoms in total. The molecule has 1 amide bonds. The summed E-state index contributed by atoms with van der Waals surface area (Å²) in [6.07, 6.45) is 1.64. The van der Waals surface area contributed by atoms with Crippen LogP contribution in [0.1, 0.15) is 16.9 Å². The van der Waals surface area contributed by atoms with Gasteiger partial charge >= 0.3 is 0 Å². The Morgan fingerprint density at radius 3 is 2.73 bits per heavy atom. The number of aromatic nitrogens is 2. The van der Waals surface area contributed by atoms with Crippen molar-refractivity contribution in [3.05, 3.63) is 45.3 Å². The Labute approximate surface area is 178 Å². The maximum absolute atomic E-state index is 12.7. The molecule has 3 aromatic rings. The summed E-state index contributed by atoms with van der Waals surface area (Å²) in [5, 5.41) is 3.46. The van der Waals surface area contributed by atoms with Gasteiger partial charge in [-0.25, -0.2) is 4.98 Å². The first kappa shape index (κ1) is 21.8. The van der Waals surface area contributed by atoms with Gasteiger partial charge in [-0.15, -0.1) is 11.3 Å². The fourth-order valence-electron chi connectivity index (χ4n) is 2.98. The number of carbonyl (C=O) groups is 1. The van der Waals surface area contributed by atoms with Crippen LogP contribution in [0.3, 0.4) is 0 Å². The molecule has 2 heterocycles. The van der Waals surface area contributed by atoms with Gasteiger partial charge in [-0.05, 0) is 31.5 Å². The first-order valence-electron chi connectivity index (χ1n) is 9.49. The van der Waals surface area contributed by atoms with Crippen LogP contribution in [0.5, 0.6) is 11.5 Å². The van der Waals surface area contributed by atoms with Gasteiger partial charge in [-0.3, -0.25) is 14.2 Å². The Hall–Kier alpha value is -2.91. The van der Waals surface area contributed by atoms with Gasteiger partial charge in [0.2, 0.25) is 5.91 Å². The van der Waals surface area contributed by atoms with E-state index in [0.29, 0.717) is 35.8 Å². The number of benzene rings is 1. The van der Waals surface area contributed by atoms with E-state index in [4.69, 9.17) is 14.2 Å². The third-order valence-corrected chi connectivity index (χ3v) is 5.84. The lowest BCUT2D eigenvalue weighted by Crippen LogP contribution is -2.23. The summed E-state index contributed by atoms with van der Waals surface area (Å²) in [7, 11) is 3.15. The van der Waals surface area contributed by atoms with E-state index in [9.17, 15) is 9.59 Å². The van der Waals surface area contributed by atoms with E-state index in [-0.39, 0.29) is 24.4 Å². The van der Waals surface area contributed by atoms with Gasteiger partial charge in [0.05, 0.1) is 25.4 Å². The lowest BCUT2D eigenvalue weighted by Gasteiger charge is -2.13. The molecule has 0 spiro atoms. The quantitative estimate of drug-likeness (QED) is 0.524. The second-order valence-corrected chi connectivity index (χ2v) is 7.91. The van der Waals surface area contributed by atoms with Crippen molar-refractivity contribution in [3.8, 4) is 11.5 Å². The van der Waals surface area contributed by atoms with E-state index in [0.717, 1.165) is 15.3 Å². The fraction of sp³-hybridized carbons (Fsp3) is 0.381. The van der Waals surface area contributed by atoms with Crippen molar-refractivity contribution in [1.82, 2.24) is 9.55 Å². The minimum Gasteiger partial charge on any atom is -0.493 e. The molecular formula is C21H25N3O5S. The Morgan fingerprint density at radius 2 is 2.00 bits per heavy atom. The zero-order chi connectivity index (χ0) is 21.7. The zero-order valence-electron chi connectivity index (χ0n) is 17.5. The third kappa shape index (κ3) is 4.80. The third-order valence-electron chi connectivity index (χ3n) is 4.73. The molecule has 1 N–H and O–H groups in total. The van der Waals surface area contributed by atoms with E-state index in [1.54, 1.807) is 32.4 Å². The van der Waals surface area contributed by atoms with Crippen molar-refractivity contribution in [2.24, 2.45) is 0 Å². The standard InChI is InChI=1S/C21H25N3O5S/c1-13-14(2)30-20-19(13)21(26)24(12-22-20)8-7-18(25)23-15-5-6-16(28-4)17(11-15)29-10-9-27-3/h5-6,11-12H,7-10H2,1-4H3,(H,23,25). The molecule has 0 unspecified atom stereocenters. The molecule has 0 aliphatic rings. The van der Waals surface area contributed by atoms with Crippen molar-refractivity contribution < 1.29 is 19.0 Å². The molecule has 9 heteroatoms. The lowest BCUT2D eigenvalue weighted by atomic mass is 10.2. The predicted octanol–water partition coefficient (Wildman–Crippen LogP) is 3.14. The maximum atomic E-state index is 12.7. The number of ether oxygens (including phenoxy) is 3. The van der Waals surface area contributed by atoms with Gasteiger partial charge in [0, 0.05) is 36.7 Å². The van der Waals surface area contributed by atoms with Crippen LogP contribution in [-0.4, -0.2) is 42.9 Å². The van der Waals surface area contributed by atoms with E-state index in [1.165, 1.54) is 22.2 Å². The summed E-state index contributed by atoms with van der Waals surface area (Å²) in [5.41, 5.74) is 1.41. The molecule has 0 radical (unpaired) electrons. The first-order chi connectivity index (χ1) is 14.4. The van der Waals surface area contributed by atoms with E-state index in [1.807, 2.05) is 13.8 Å². The first-order valence-corrected chi connectivity index (χ1v) is 10.3. The Bertz CT molecular complexity index is 1110. The highest BCUT2D eigenvalue weighted by Crippen LogP contribution is 2.30. The lowest BCUT2D eigenvalue weighted by molar-refractivity contribution is -0.116. The number of fused-ring (bicyclic) bond motifs is 1. The molecule has 0 saturated heterocycles. The Morgan fingerprint density at radius 1 is 1.20 bits per heavy atom. The predicted molar refractivity (Wildman–Crippen MR) is 117 cm³/mol. The number of nitrogens with zero attached hydrogens (tertiary/aromatic N) is 2. The molecule has 3 rings (SSSR count). The van der Waals surface area contributed by atoms with Crippen molar-refractivity contribution in [3.63, 3.8) is 0 Å². The van der Waals surface area contributed by atoms with E-state index >= 15 is 0 Å². The number of amides is 1. The highest BCUT2D eigenvalue weighted by Gasteiger charge is 2.13. The number of carbonyl (C=O) groups excluding carboxylic acids is 1. The summed E-state index contributed by atoms with van der Waals surface area (Å²) in [4.78, 5) is 31.3. The molecule has 2 aromatic heterocycles. The van der Waals surface area contributed by atoms with E-state index < -0.39 is 0 Å². The fourth-order valence-corrected chi connectivity index (χ4v) is 3.96. The summed E-state index contributed by atoms with van der Waals surface area (Å²) in [5.74, 6) is 0.867. The molecule has 1 aromatic carbocycles. The SMILES string of the molecule is COCCOc1cc(NC(=O)CCn2cnc3sc(C)c(C)c3c2=O)ccc1OC. The second kappa shape index (κ2) is 9.73. The summed E-state index contributed by atoms with van der Waals surface area (Å²) >= 11 is 1.51. The maximum Gasteiger partial charge on any atom is 0.262 e. The topological polar surface area (TPSA) is 91.7 Å². The molecule has 0 bridgehead atoms. The van der Waals surface area contributed by atoms with Crippen molar-refractivity contribution in [2.75, 3.05) is 32.8 Å². The summed E-state index contributed by atoms with van der Waals surface area (Å²) < 4.78 is 17.4. The number of hydrogen-bond acceptors (Lipinski definition) is 7. The van der Waals surface area contributed by atoms with Crippen LogP contribution in [0.4, 0.5) is 5.69 Å². The minimum absolute atomic E-state index is 0.118. The van der Waals surface area contributed by atoms with E-state index in [2.05, 4.69) is 10.3 Å². The van der Waals surface area contributed by atoms with Crippen LogP contribution in [0.2, 0.25) is 0 Å². The number of rotatable bonds is 9. The molecular weight excluding hydrogens is 406 g/mol. The Balaban J connectivity index is 1.67. The number of nitrogens with one attached hydrogen (secondary N) is 1. The van der Waals surface area contributed by atoms with Gasteiger partial charge in [0.25, 0.3) is 5.56 Å². The zero-order valence-corrected chi connectivity index (χ0v) is 18.3. The molecule has 30 heavy (non-hydrogen) atoms. The monoisotopic (exact) mass is 431 g/mol. The van der Waals surface area contributed by atoms with Crippen molar-refractivity contribution in [1.29, 1.82) is 0 Å². The highest BCUT2D eigenvalue weighted by molar-refractivity contribution is 7.18. The van der Waals surface area contributed by atoms with Crippen LogP contribution in [0, 0.1) is 13.8 Å². The molecule has 0 aliphatic heterocycles.